The van der Waals surface area contributed by atoms with Gasteiger partial charge >= 0.3 is 19.6 Å². The lowest BCUT2D eigenvalue weighted by Crippen LogP contribution is -2.51. The van der Waals surface area contributed by atoms with E-state index in [0.717, 1.165) is 5.56 Å². The van der Waals surface area contributed by atoms with Crippen molar-refractivity contribution in [2.75, 3.05) is 43.1 Å². The van der Waals surface area contributed by atoms with Gasteiger partial charge in [-0.15, -0.1) is 0 Å². The quantitative estimate of drug-likeness (QED) is 0.00753. The van der Waals surface area contributed by atoms with E-state index in [1.54, 1.807) is 37.3 Å². The molecule has 3 heterocycles. The lowest BCUT2D eigenvalue weighted by atomic mass is 9.90. The maximum atomic E-state index is 14.6. The minimum Gasteiger partial charge on any atom is -0.481 e. The minimum absolute atomic E-state index is 0.0214. The monoisotopic (exact) mass is 1650 g/mol. The van der Waals surface area contributed by atoms with E-state index in [-0.39, 0.29) is 58.8 Å². The third kappa shape index (κ3) is 33.5. The van der Waals surface area contributed by atoms with Crippen LogP contribution in [-0.2, 0) is 66.5 Å². The Balaban J connectivity index is 1.30. The number of carbonyl (C=O) groups excluding carboxylic acids is 9. The molecule has 1 radical (unpaired) electrons. The van der Waals surface area contributed by atoms with Crippen LogP contribution < -0.4 is 53.8 Å². The highest BCUT2D eigenvalue weighted by Gasteiger charge is 2.36. The predicted octanol–water partition coefficient (Wildman–Crippen LogP) is -4.72. The maximum absolute atomic E-state index is 14.6. The molecule has 0 aliphatic rings. The number of nitrogens with zero attached hydrogens (tertiary/aromatic N) is 5. The second kappa shape index (κ2) is 49.2. The van der Waals surface area contributed by atoms with Crippen molar-refractivity contribution in [1.29, 1.82) is 0 Å². The maximum Gasteiger partial charge on any atom is 0.486 e. The number of hydrogen-bond acceptors (Lipinski definition) is 33. The molecular formula is C71H99BN15O26S2. The van der Waals surface area contributed by atoms with Gasteiger partial charge in [-0.3, -0.25) is 62.7 Å². The number of nitrogen functional groups attached to an aromatic ring is 1. The summed E-state index contributed by atoms with van der Waals surface area (Å²) in [5, 5.41) is 150. The minimum atomic E-state index is -2.10. The molecule has 44 heteroatoms. The van der Waals surface area contributed by atoms with E-state index in [1.807, 2.05) is 13.8 Å². The third-order valence-electron chi connectivity index (χ3n) is 17.6. The van der Waals surface area contributed by atoms with Gasteiger partial charge in [0.1, 0.15) is 66.4 Å². The van der Waals surface area contributed by atoms with Crippen LogP contribution in [0.3, 0.4) is 0 Å². The van der Waals surface area contributed by atoms with Crippen LogP contribution in [0.5, 0.6) is 0 Å². The van der Waals surface area contributed by atoms with Crippen molar-refractivity contribution in [1.82, 2.24) is 67.1 Å². The molecule has 3 aromatic heterocycles. The number of amides is 7. The number of nitrogens with two attached hydrogens (primary N) is 1. The number of aliphatic hydroxyl groups excluding tert-OH is 10. The molecule has 2 aromatic carbocycles. The fourth-order valence-electron chi connectivity index (χ4n) is 11.1. The van der Waals surface area contributed by atoms with Crippen molar-refractivity contribution in [3.05, 3.63) is 112 Å². The number of aromatic amines is 1. The van der Waals surface area contributed by atoms with Gasteiger partial charge in [0.05, 0.1) is 68.0 Å². The number of nitrogens with one attached hydrogen (secondary N) is 9. The van der Waals surface area contributed by atoms with E-state index < -0.39 is 252 Å². The first-order valence-electron chi connectivity index (χ1n) is 36.4. The van der Waals surface area contributed by atoms with Crippen molar-refractivity contribution in [2.45, 2.75) is 189 Å². The van der Waals surface area contributed by atoms with Crippen LogP contribution in [0.25, 0.3) is 11.2 Å². The van der Waals surface area contributed by atoms with Crippen LogP contribution >= 0.6 is 21.6 Å². The summed E-state index contributed by atoms with van der Waals surface area (Å²) in [4.78, 5) is 185. The van der Waals surface area contributed by atoms with Crippen molar-refractivity contribution < 1.29 is 124 Å². The van der Waals surface area contributed by atoms with Gasteiger partial charge in [-0.05, 0) is 74.8 Å². The number of aliphatic hydroxyl groups is 10. The van der Waals surface area contributed by atoms with E-state index in [4.69, 9.17) is 10.4 Å². The predicted molar refractivity (Wildman–Crippen MR) is 411 cm³/mol. The molecule has 0 fully saturated rings. The van der Waals surface area contributed by atoms with Crippen molar-refractivity contribution >= 4 is 117 Å². The number of H-pyrrole nitrogens is 1. The SMILES string of the molecule is CC(C)C[C@H](NC(=O)[C@H](Cc1ccccc1)NC(=O)c1cnc(CSSC[C@@H](C)NC(=O)[C@H](CCC(=O)NC[C@H](O)[C@@H](O)[C@H](O)[C@H](O)CO)CC(=O)[C@H](CCC(=O)O)NC(=O)[C@H](CCC(=O)NC[C@H](O)[C@@H](O)[C@H](O)[C@H](O)CO)CC(=O)CC[C@H](NC(=O)c2ccc(NCc3cnc4nc(N)[nH]c(=O)c4n3)cc2)C(=O)O)cn1)O[B]O. The summed E-state index contributed by atoms with van der Waals surface area (Å²) in [5.41, 5.74) is 6.71. The van der Waals surface area contributed by atoms with Crippen LogP contribution in [0, 0.1) is 17.8 Å². The molecule has 5 aromatic rings. The fourth-order valence-corrected chi connectivity index (χ4v) is 13.3. The summed E-state index contributed by atoms with van der Waals surface area (Å²) >= 11 is 0. The zero-order valence-electron chi connectivity index (χ0n) is 62.9. The lowest BCUT2D eigenvalue weighted by Gasteiger charge is -2.26. The van der Waals surface area contributed by atoms with E-state index >= 15 is 0 Å². The summed E-state index contributed by atoms with van der Waals surface area (Å²) in [6.45, 7) is 1.90. The molecule has 0 spiro atoms. The molecule has 5 rings (SSSR count). The average molecular weight is 1650 g/mol. The van der Waals surface area contributed by atoms with Gasteiger partial charge in [0.2, 0.25) is 35.5 Å². The molecule has 7 amide bonds. The highest BCUT2D eigenvalue weighted by atomic mass is 33.1. The number of benzene rings is 2. The molecule has 0 saturated heterocycles. The van der Waals surface area contributed by atoms with Crippen LogP contribution in [0.1, 0.15) is 129 Å². The van der Waals surface area contributed by atoms with E-state index in [2.05, 4.69) is 72.4 Å². The van der Waals surface area contributed by atoms with E-state index in [0.29, 0.717) is 31.2 Å². The van der Waals surface area contributed by atoms with Crippen LogP contribution in [0.2, 0.25) is 0 Å². The number of carboxylic acids is 2. The smallest absolute Gasteiger partial charge is 0.481 e. The van der Waals surface area contributed by atoms with Crippen LogP contribution in [-0.4, -0.2) is 280 Å². The largest absolute Gasteiger partial charge is 0.486 e. The van der Waals surface area contributed by atoms with Crippen molar-refractivity contribution in [3.8, 4) is 0 Å². The Morgan fingerprint density at radius 1 is 0.591 bits per heavy atom. The lowest BCUT2D eigenvalue weighted by molar-refractivity contribution is -0.140. The first kappa shape index (κ1) is 95.8. The highest BCUT2D eigenvalue weighted by molar-refractivity contribution is 8.76. The Bertz CT molecular complexity index is 4080. The molecule has 0 bridgehead atoms. The number of carbonyl (C=O) groups is 11. The summed E-state index contributed by atoms with van der Waals surface area (Å²) in [6, 6.07) is 9.21. The molecule has 41 nitrogen and oxygen atoms in total. The van der Waals surface area contributed by atoms with Crippen LogP contribution in [0.4, 0.5) is 11.6 Å². The first-order valence-corrected chi connectivity index (χ1v) is 38.9. The fraction of sp³-hybridized carbons (Fsp3) is 0.535. The Labute approximate surface area is 666 Å². The number of anilines is 2. The van der Waals surface area contributed by atoms with Gasteiger partial charge in [0.25, 0.3) is 17.4 Å². The number of fused-ring (bicyclic) bond motifs is 1. The third-order valence-corrected chi connectivity index (χ3v) is 20.1. The topological polar surface area (TPSA) is 680 Å². The molecule has 0 aliphatic carbocycles. The number of aromatic nitrogens is 6. The Morgan fingerprint density at radius 3 is 1.73 bits per heavy atom. The molecule has 115 heavy (non-hydrogen) atoms. The van der Waals surface area contributed by atoms with Gasteiger partial charge in [-0.1, -0.05) is 65.8 Å². The molecule has 0 aliphatic heterocycles. The Hall–Kier alpha value is -9.81. The zero-order valence-corrected chi connectivity index (χ0v) is 64.6. The molecule has 0 saturated carbocycles. The summed E-state index contributed by atoms with van der Waals surface area (Å²) in [5.74, 6) is -13.7. The number of rotatable bonds is 54. The molecule has 629 valence electrons. The van der Waals surface area contributed by atoms with E-state index in [9.17, 15) is 124 Å². The zero-order chi connectivity index (χ0) is 85.0. The number of Topliss-reactive ketones (excluding diaryl/α,β-unsaturated/α-hetero) is 2. The van der Waals surface area contributed by atoms with Crippen molar-refractivity contribution in [2.24, 2.45) is 17.8 Å². The summed E-state index contributed by atoms with van der Waals surface area (Å²) < 4.78 is 5.19. The normalized spacial score (nSPS) is 15.4. The number of ketones is 2. The van der Waals surface area contributed by atoms with Gasteiger partial charge in [-0.25, -0.2) is 19.7 Å². The van der Waals surface area contributed by atoms with Gasteiger partial charge in [0, 0.05) is 98.7 Å². The number of aliphatic carboxylic acids is 2. The standard InChI is InChI=1S/C71H99BN15O26S2/c1-35(2)21-56(113-72-112)85-67(107)47(22-37-7-5-4-6-8-37)84-68(108)48-28-75-43(27-76-48)34-115-114-33-36(3)80-65(105)40(12-19-55(97)78-30-51(93)60(101)62(103)53(95)32-89)24-49(91)45(17-20-57(98)99)82-66(106)39(11-18-54(96)77-29-50(92)59(100)61(102)52(94)31-88)23-44(90)15-16-46(70(110)111)83-64(104)38-9-13-41(14-10-38)74-25-42-26-79-63-58(81-42)69(109)87-71(73)86-63/h4-10,13-14,26-28,35-36,39-40,45-47,50-53,56,59-62,74,88-89,92-95,100-103,112H,11-12,15-25,29-34H2,1-3H3,(H,77,96)(H,78,97)(H,80,105)(H,82,106)(H,83,104)(H,84,108)(H,85,107)(H,98,99)(H,110,111)(H3,73,79,86,87,109)/t36-,39-,40-,45+,46+,47+,50+,51+,52-,53-,56-,59-,60-,61-,62-/m1/s1. The molecule has 24 N–H and O–H groups in total. The second-order valence-corrected chi connectivity index (χ2v) is 29.8. The van der Waals surface area contributed by atoms with E-state index in [1.165, 1.54) is 64.4 Å². The van der Waals surface area contributed by atoms with Gasteiger partial charge < -0.3 is 119 Å². The molecule has 15 atom stereocenters. The number of carboxylic acid groups (broad SMARTS) is 2. The molecular weight excluding hydrogens is 1550 g/mol. The second-order valence-electron chi connectivity index (χ2n) is 27.3. The van der Waals surface area contributed by atoms with Gasteiger partial charge in [0.15, 0.2) is 16.9 Å². The Morgan fingerprint density at radius 2 is 1.17 bits per heavy atom. The highest BCUT2D eigenvalue weighted by Crippen LogP contribution is 2.27. The summed E-state index contributed by atoms with van der Waals surface area (Å²) in [6.07, 6.45) is -19.0. The van der Waals surface area contributed by atoms with Gasteiger partial charge in [-0.2, -0.15) is 4.98 Å². The molecule has 0 unspecified atom stereocenters. The number of hydrogen-bond donors (Lipinski definition) is 23. The average Bonchev–Trinajstić information content (AvgIpc) is 0.817. The van der Waals surface area contributed by atoms with Crippen LogP contribution in [0.15, 0.2) is 78.0 Å². The van der Waals surface area contributed by atoms with Crippen molar-refractivity contribution in [3.63, 3.8) is 0 Å². The Kier molecular flexibility index (Phi) is 41.0. The summed E-state index contributed by atoms with van der Waals surface area (Å²) in [7, 11) is 2.97. The first-order chi connectivity index (χ1) is 54.6.